The van der Waals surface area contributed by atoms with Crippen molar-refractivity contribution in [1.29, 1.82) is 0 Å². The van der Waals surface area contributed by atoms with Crippen LogP contribution in [0.1, 0.15) is 33.1 Å². The van der Waals surface area contributed by atoms with Crippen molar-refractivity contribution in [3.63, 3.8) is 0 Å². The number of fused-ring (bicyclic) bond motifs is 1. The van der Waals surface area contributed by atoms with Crippen molar-refractivity contribution in [3.8, 4) is 5.75 Å². The Morgan fingerprint density at radius 2 is 2.10 bits per heavy atom. The van der Waals surface area contributed by atoms with Crippen LogP contribution < -0.4 is 14.8 Å². The molecule has 1 amide bonds. The van der Waals surface area contributed by atoms with Crippen molar-refractivity contribution in [3.05, 3.63) is 18.2 Å². The largest absolute Gasteiger partial charge is 0.479 e. The minimum absolute atomic E-state index is 0.121. The van der Waals surface area contributed by atoms with Gasteiger partial charge in [-0.25, -0.2) is 13.1 Å². The molecule has 0 aromatic heterocycles. The Labute approximate surface area is 124 Å². The molecule has 1 aliphatic rings. The van der Waals surface area contributed by atoms with Gasteiger partial charge in [-0.2, -0.15) is 0 Å². The quantitative estimate of drug-likeness (QED) is 0.785. The summed E-state index contributed by atoms with van der Waals surface area (Å²) < 4.78 is 32.3. The zero-order chi connectivity index (χ0) is 15.5. The number of benzene rings is 1. The zero-order valence-corrected chi connectivity index (χ0v) is 13.0. The van der Waals surface area contributed by atoms with E-state index in [1.807, 2.05) is 0 Å². The number of nitrogens with one attached hydrogen (secondary N) is 2. The molecule has 1 atom stereocenters. The second-order valence-corrected chi connectivity index (χ2v) is 6.78. The summed E-state index contributed by atoms with van der Waals surface area (Å²) in [6.45, 7) is 4.10. The first-order valence-electron chi connectivity index (χ1n) is 7.05. The van der Waals surface area contributed by atoms with Crippen LogP contribution in [0, 0.1) is 0 Å². The van der Waals surface area contributed by atoms with Gasteiger partial charge in [-0.15, -0.1) is 0 Å². The number of hydrogen-bond donors (Lipinski definition) is 2. The first kappa shape index (κ1) is 15.8. The number of hydrogen-bond acceptors (Lipinski definition) is 4. The molecule has 2 rings (SSSR count). The van der Waals surface area contributed by atoms with E-state index in [-0.39, 0.29) is 10.8 Å². The average Bonchev–Trinajstić information content (AvgIpc) is 2.44. The van der Waals surface area contributed by atoms with Crippen molar-refractivity contribution >= 4 is 21.6 Å². The van der Waals surface area contributed by atoms with Crippen LogP contribution in [0.5, 0.6) is 5.75 Å². The van der Waals surface area contributed by atoms with Gasteiger partial charge in [-0.3, -0.25) is 4.79 Å². The Morgan fingerprint density at radius 1 is 1.33 bits per heavy atom. The SMILES string of the molecule is CCCCCNS(=O)(=O)c1ccc2c(c1)NC(=O)C(C)O2. The average molecular weight is 312 g/mol. The first-order valence-corrected chi connectivity index (χ1v) is 8.53. The molecule has 1 aliphatic heterocycles. The predicted molar refractivity (Wildman–Crippen MR) is 79.9 cm³/mol. The number of unbranched alkanes of at least 4 members (excludes halogenated alkanes) is 2. The Balaban J connectivity index is 2.14. The predicted octanol–water partition coefficient (Wildman–Crippen LogP) is 1.87. The second kappa shape index (κ2) is 6.44. The highest BCUT2D eigenvalue weighted by Gasteiger charge is 2.25. The normalized spacial score (nSPS) is 17.8. The van der Waals surface area contributed by atoms with E-state index in [0.29, 0.717) is 18.0 Å². The highest BCUT2D eigenvalue weighted by Crippen LogP contribution is 2.31. The van der Waals surface area contributed by atoms with Gasteiger partial charge < -0.3 is 10.1 Å². The molecule has 0 fully saturated rings. The molecule has 0 saturated carbocycles. The van der Waals surface area contributed by atoms with Gasteiger partial charge in [0.25, 0.3) is 5.91 Å². The first-order chi connectivity index (χ1) is 9.94. The minimum atomic E-state index is -3.56. The van der Waals surface area contributed by atoms with Gasteiger partial charge >= 0.3 is 0 Å². The molecular formula is C14H20N2O4S. The Hall–Kier alpha value is -1.60. The van der Waals surface area contributed by atoms with Crippen molar-refractivity contribution in [2.45, 2.75) is 44.1 Å². The Morgan fingerprint density at radius 3 is 2.81 bits per heavy atom. The van der Waals surface area contributed by atoms with Gasteiger partial charge in [0.15, 0.2) is 6.10 Å². The Kier molecular flexibility index (Phi) is 4.84. The zero-order valence-electron chi connectivity index (χ0n) is 12.2. The molecule has 1 aromatic rings. The molecule has 116 valence electrons. The molecule has 0 spiro atoms. The molecule has 1 aromatic carbocycles. The van der Waals surface area contributed by atoms with E-state index >= 15 is 0 Å². The smallest absolute Gasteiger partial charge is 0.265 e. The van der Waals surface area contributed by atoms with Crippen molar-refractivity contribution in [1.82, 2.24) is 4.72 Å². The molecular weight excluding hydrogens is 292 g/mol. The van der Waals surface area contributed by atoms with Crippen LogP contribution in [0.25, 0.3) is 0 Å². The fourth-order valence-electron chi connectivity index (χ4n) is 2.02. The number of amides is 1. The van der Waals surface area contributed by atoms with Crippen LogP contribution in [-0.4, -0.2) is 27.0 Å². The molecule has 0 bridgehead atoms. The molecule has 0 saturated heterocycles. The van der Waals surface area contributed by atoms with Gasteiger partial charge in [0, 0.05) is 6.54 Å². The van der Waals surface area contributed by atoms with Crippen molar-refractivity contribution in [2.75, 3.05) is 11.9 Å². The molecule has 7 heteroatoms. The summed E-state index contributed by atoms with van der Waals surface area (Å²) in [5.41, 5.74) is 0.384. The number of carbonyl (C=O) groups excluding carboxylic acids is 1. The van der Waals surface area contributed by atoms with E-state index in [2.05, 4.69) is 17.0 Å². The van der Waals surface area contributed by atoms with Crippen LogP contribution in [0.15, 0.2) is 23.1 Å². The summed E-state index contributed by atoms with van der Waals surface area (Å²) in [6, 6.07) is 4.46. The number of anilines is 1. The molecule has 2 N–H and O–H groups in total. The van der Waals surface area contributed by atoms with Gasteiger partial charge in [0.05, 0.1) is 10.6 Å². The minimum Gasteiger partial charge on any atom is -0.479 e. The Bertz CT molecular complexity index is 628. The fourth-order valence-corrected chi connectivity index (χ4v) is 3.12. The van der Waals surface area contributed by atoms with Crippen LogP contribution in [0.4, 0.5) is 5.69 Å². The molecule has 0 radical (unpaired) electrons. The second-order valence-electron chi connectivity index (χ2n) is 5.01. The highest BCUT2D eigenvalue weighted by atomic mass is 32.2. The standard InChI is InChI=1S/C14H20N2O4S/c1-3-4-5-8-15-21(18,19)11-6-7-13-12(9-11)16-14(17)10(2)20-13/h6-7,9-10,15H,3-5,8H2,1-2H3,(H,16,17). The monoisotopic (exact) mass is 312 g/mol. The summed E-state index contributed by atoms with van der Waals surface area (Å²) in [5.74, 6) is 0.194. The topological polar surface area (TPSA) is 84.5 Å². The summed E-state index contributed by atoms with van der Waals surface area (Å²) in [4.78, 5) is 11.7. The van der Waals surface area contributed by atoms with E-state index in [0.717, 1.165) is 19.3 Å². The van der Waals surface area contributed by atoms with Gasteiger partial charge in [-0.05, 0) is 31.5 Å². The lowest BCUT2D eigenvalue weighted by Gasteiger charge is -2.23. The van der Waals surface area contributed by atoms with Crippen molar-refractivity contribution < 1.29 is 17.9 Å². The lowest BCUT2D eigenvalue weighted by atomic mass is 10.2. The number of rotatable bonds is 6. The molecule has 21 heavy (non-hydrogen) atoms. The van der Waals surface area contributed by atoms with E-state index in [1.54, 1.807) is 13.0 Å². The summed E-state index contributed by atoms with van der Waals surface area (Å²) in [6.07, 6.45) is 2.24. The van der Waals surface area contributed by atoms with E-state index in [9.17, 15) is 13.2 Å². The van der Waals surface area contributed by atoms with Crippen LogP contribution in [0.2, 0.25) is 0 Å². The van der Waals surface area contributed by atoms with Gasteiger partial charge in [0.1, 0.15) is 5.75 Å². The summed E-state index contributed by atoms with van der Waals surface area (Å²) in [7, 11) is -3.56. The van der Waals surface area contributed by atoms with Crippen LogP contribution in [-0.2, 0) is 14.8 Å². The summed E-state index contributed by atoms with van der Waals surface area (Å²) >= 11 is 0. The maximum absolute atomic E-state index is 12.2. The van der Waals surface area contributed by atoms with Crippen LogP contribution >= 0.6 is 0 Å². The van der Waals surface area contributed by atoms with E-state index in [4.69, 9.17) is 4.74 Å². The molecule has 0 aliphatic carbocycles. The third-order valence-corrected chi connectivity index (χ3v) is 4.72. The third-order valence-electron chi connectivity index (χ3n) is 3.26. The maximum atomic E-state index is 12.2. The van der Waals surface area contributed by atoms with Crippen LogP contribution in [0.3, 0.4) is 0 Å². The number of carbonyl (C=O) groups is 1. The fraction of sp³-hybridized carbons (Fsp3) is 0.500. The summed E-state index contributed by atoms with van der Waals surface area (Å²) in [5, 5.41) is 2.64. The molecule has 1 unspecified atom stereocenters. The molecule has 6 nitrogen and oxygen atoms in total. The molecule has 1 heterocycles. The highest BCUT2D eigenvalue weighted by molar-refractivity contribution is 7.89. The number of ether oxygens (including phenoxy) is 1. The van der Waals surface area contributed by atoms with Crippen molar-refractivity contribution in [2.24, 2.45) is 0 Å². The van der Waals surface area contributed by atoms with Gasteiger partial charge in [0.2, 0.25) is 10.0 Å². The lowest BCUT2D eigenvalue weighted by Crippen LogP contribution is -2.34. The maximum Gasteiger partial charge on any atom is 0.265 e. The lowest BCUT2D eigenvalue weighted by molar-refractivity contribution is -0.122. The van der Waals surface area contributed by atoms with E-state index < -0.39 is 16.1 Å². The number of sulfonamides is 1. The van der Waals surface area contributed by atoms with E-state index in [1.165, 1.54) is 12.1 Å². The third kappa shape index (κ3) is 3.74. The van der Waals surface area contributed by atoms with Gasteiger partial charge in [-0.1, -0.05) is 19.8 Å².